The Balaban J connectivity index is 2.07. The van der Waals surface area contributed by atoms with Crippen molar-refractivity contribution in [2.45, 2.75) is 57.6 Å². The minimum atomic E-state index is -4.26. The molecular formula is C30H35Cl2N3O5S. The Labute approximate surface area is 252 Å². The van der Waals surface area contributed by atoms with Crippen molar-refractivity contribution in [2.75, 3.05) is 17.5 Å². The zero-order valence-electron chi connectivity index (χ0n) is 23.5. The zero-order valence-corrected chi connectivity index (χ0v) is 25.8. The van der Waals surface area contributed by atoms with Crippen molar-refractivity contribution < 1.29 is 22.7 Å². The maximum atomic E-state index is 14.1. The highest BCUT2D eigenvalue weighted by molar-refractivity contribution is 7.92. The molecule has 0 aliphatic heterocycles. The largest absolute Gasteiger partial charge is 0.492 e. The van der Waals surface area contributed by atoms with Crippen LogP contribution in [-0.4, -0.2) is 50.4 Å². The fraction of sp³-hybridized carbons (Fsp3) is 0.333. The molecule has 0 unspecified atom stereocenters. The number of rotatable bonds is 13. The summed E-state index contributed by atoms with van der Waals surface area (Å²) in [5.41, 5.74) is 0.925. The van der Waals surface area contributed by atoms with E-state index in [0.29, 0.717) is 22.2 Å². The number of anilines is 1. The van der Waals surface area contributed by atoms with E-state index in [1.54, 1.807) is 62.4 Å². The number of carbonyl (C=O) groups excluding carboxylic acids is 2. The first kappa shape index (κ1) is 32.2. The fourth-order valence-electron chi connectivity index (χ4n) is 4.02. The molecule has 0 aromatic heterocycles. The molecule has 0 heterocycles. The summed E-state index contributed by atoms with van der Waals surface area (Å²) in [5.74, 6) is -0.619. The average molecular weight is 621 g/mol. The summed E-state index contributed by atoms with van der Waals surface area (Å²) in [6.45, 7) is 7.00. The van der Waals surface area contributed by atoms with E-state index in [1.165, 1.54) is 29.2 Å². The predicted molar refractivity (Wildman–Crippen MR) is 163 cm³/mol. The second-order valence-corrected chi connectivity index (χ2v) is 12.2. The van der Waals surface area contributed by atoms with E-state index in [-0.39, 0.29) is 35.7 Å². The third-order valence-corrected chi connectivity index (χ3v) is 8.83. The van der Waals surface area contributed by atoms with Crippen molar-refractivity contribution in [3.8, 4) is 5.75 Å². The molecule has 0 saturated carbocycles. The van der Waals surface area contributed by atoms with Gasteiger partial charge in [-0.15, -0.1) is 0 Å². The zero-order chi connectivity index (χ0) is 30.2. The van der Waals surface area contributed by atoms with Gasteiger partial charge in [0.05, 0.1) is 17.2 Å². The average Bonchev–Trinajstić information content (AvgIpc) is 2.95. The van der Waals surface area contributed by atoms with Crippen LogP contribution in [0.25, 0.3) is 0 Å². The first-order valence-electron chi connectivity index (χ1n) is 13.3. The number of sulfonamides is 1. The number of carbonyl (C=O) groups is 2. The van der Waals surface area contributed by atoms with Crippen LogP contribution in [0.5, 0.6) is 5.75 Å². The van der Waals surface area contributed by atoms with Gasteiger partial charge in [0.2, 0.25) is 11.8 Å². The molecule has 0 aliphatic carbocycles. The van der Waals surface area contributed by atoms with Crippen LogP contribution in [0, 0.1) is 0 Å². The highest BCUT2D eigenvalue weighted by Crippen LogP contribution is 2.33. The van der Waals surface area contributed by atoms with Gasteiger partial charge in [-0.2, -0.15) is 0 Å². The lowest BCUT2D eigenvalue weighted by Crippen LogP contribution is -2.52. The van der Waals surface area contributed by atoms with Crippen LogP contribution in [0.2, 0.25) is 10.0 Å². The van der Waals surface area contributed by atoms with E-state index in [4.69, 9.17) is 27.9 Å². The maximum absolute atomic E-state index is 14.1. The van der Waals surface area contributed by atoms with Crippen molar-refractivity contribution in [3.63, 3.8) is 0 Å². The van der Waals surface area contributed by atoms with Gasteiger partial charge in [-0.1, -0.05) is 54.4 Å². The summed E-state index contributed by atoms with van der Waals surface area (Å²) < 4.78 is 34.8. The van der Waals surface area contributed by atoms with Crippen LogP contribution in [-0.2, 0) is 26.2 Å². The first-order valence-corrected chi connectivity index (χ1v) is 15.5. The molecule has 3 rings (SSSR count). The molecule has 2 amide bonds. The molecule has 2 atom stereocenters. The monoisotopic (exact) mass is 619 g/mol. The summed E-state index contributed by atoms with van der Waals surface area (Å²) in [6, 6.07) is 18.2. The molecule has 3 aromatic rings. The van der Waals surface area contributed by atoms with E-state index in [1.807, 2.05) is 13.8 Å². The Morgan fingerprint density at radius 2 is 1.49 bits per heavy atom. The third-order valence-electron chi connectivity index (χ3n) is 6.55. The molecule has 0 fully saturated rings. The van der Waals surface area contributed by atoms with Gasteiger partial charge in [0.15, 0.2) is 0 Å². The lowest BCUT2D eigenvalue weighted by molar-refractivity contribution is -0.139. The van der Waals surface area contributed by atoms with E-state index in [0.717, 1.165) is 9.87 Å². The Hall–Kier alpha value is -3.27. The van der Waals surface area contributed by atoms with Crippen molar-refractivity contribution in [1.82, 2.24) is 10.2 Å². The number of halogens is 2. The van der Waals surface area contributed by atoms with Gasteiger partial charge >= 0.3 is 0 Å². The molecule has 0 radical (unpaired) electrons. The Bertz CT molecular complexity index is 1430. The summed E-state index contributed by atoms with van der Waals surface area (Å²) in [5, 5.41) is 3.81. The number of para-hydroxylation sites is 2. The molecule has 220 valence electrons. The van der Waals surface area contributed by atoms with Crippen molar-refractivity contribution in [1.29, 1.82) is 0 Å². The van der Waals surface area contributed by atoms with E-state index in [9.17, 15) is 18.0 Å². The molecule has 0 aliphatic rings. The van der Waals surface area contributed by atoms with E-state index in [2.05, 4.69) is 5.32 Å². The topological polar surface area (TPSA) is 96.0 Å². The van der Waals surface area contributed by atoms with Crippen molar-refractivity contribution in [3.05, 3.63) is 88.4 Å². The Morgan fingerprint density at radius 1 is 0.902 bits per heavy atom. The van der Waals surface area contributed by atoms with Gasteiger partial charge < -0.3 is 15.0 Å². The van der Waals surface area contributed by atoms with Gasteiger partial charge in [0.25, 0.3) is 10.0 Å². The van der Waals surface area contributed by atoms with Gasteiger partial charge in [-0.25, -0.2) is 8.42 Å². The van der Waals surface area contributed by atoms with Gasteiger partial charge in [-0.05, 0) is 81.3 Å². The summed E-state index contributed by atoms with van der Waals surface area (Å²) >= 11 is 12.1. The molecule has 0 spiro atoms. The molecule has 0 bridgehead atoms. The highest BCUT2D eigenvalue weighted by atomic mass is 35.5. The number of ether oxygens (including phenoxy) is 1. The fourth-order valence-corrected chi connectivity index (χ4v) is 5.70. The highest BCUT2D eigenvalue weighted by Gasteiger charge is 2.34. The van der Waals surface area contributed by atoms with Crippen LogP contribution in [0.15, 0.2) is 77.7 Å². The SMILES string of the molecule is CCOc1ccccc1N(CC(=O)N(Cc1ccc(Cl)cc1)[C@H](C)C(=O)N[C@H](C)CC)S(=O)(=O)c1ccc(Cl)cc1. The quantitative estimate of drug-likeness (QED) is 0.256. The minimum absolute atomic E-state index is 0.0483. The third kappa shape index (κ3) is 8.38. The number of hydrogen-bond donors (Lipinski definition) is 1. The van der Waals surface area contributed by atoms with Gasteiger partial charge in [0, 0.05) is 22.6 Å². The van der Waals surface area contributed by atoms with E-state index < -0.39 is 28.5 Å². The minimum Gasteiger partial charge on any atom is -0.492 e. The molecule has 41 heavy (non-hydrogen) atoms. The Morgan fingerprint density at radius 3 is 2.07 bits per heavy atom. The number of amides is 2. The van der Waals surface area contributed by atoms with Crippen molar-refractivity contribution in [2.24, 2.45) is 0 Å². The Kier molecular flexibility index (Phi) is 11.5. The van der Waals surface area contributed by atoms with Crippen molar-refractivity contribution >= 4 is 50.7 Å². The molecule has 3 aromatic carbocycles. The summed E-state index contributed by atoms with van der Waals surface area (Å²) in [4.78, 5) is 28.5. The molecule has 8 nitrogen and oxygen atoms in total. The normalized spacial score (nSPS) is 12.7. The lowest BCUT2D eigenvalue weighted by Gasteiger charge is -2.33. The number of hydrogen-bond acceptors (Lipinski definition) is 5. The second kappa shape index (κ2) is 14.6. The summed E-state index contributed by atoms with van der Waals surface area (Å²) in [7, 11) is -4.26. The number of nitrogens with one attached hydrogen (secondary N) is 1. The smallest absolute Gasteiger partial charge is 0.264 e. The van der Waals surface area contributed by atoms with Gasteiger partial charge in [0.1, 0.15) is 18.3 Å². The van der Waals surface area contributed by atoms with Gasteiger partial charge in [-0.3, -0.25) is 13.9 Å². The molecule has 11 heteroatoms. The summed E-state index contributed by atoms with van der Waals surface area (Å²) in [6.07, 6.45) is 0.713. The second-order valence-electron chi connectivity index (χ2n) is 9.51. The standard InChI is InChI=1S/C30H35Cl2N3O5S/c1-5-21(3)33-30(37)22(4)34(19-23-11-13-24(31)14-12-23)29(36)20-35(27-9-7-8-10-28(27)40-6-2)41(38,39)26-17-15-25(32)16-18-26/h7-18,21-22H,5-6,19-20H2,1-4H3,(H,33,37)/t21-,22-/m1/s1. The molecule has 0 saturated heterocycles. The van der Waals surface area contributed by atoms with E-state index >= 15 is 0 Å². The first-order chi connectivity index (χ1) is 19.5. The van der Waals surface area contributed by atoms with Crippen LogP contribution in [0.1, 0.15) is 39.7 Å². The number of benzene rings is 3. The van der Waals surface area contributed by atoms with Crippen LogP contribution in [0.3, 0.4) is 0 Å². The predicted octanol–water partition coefficient (Wildman–Crippen LogP) is 5.92. The van der Waals surface area contributed by atoms with Crippen LogP contribution in [0.4, 0.5) is 5.69 Å². The van der Waals surface area contributed by atoms with Crippen LogP contribution < -0.4 is 14.4 Å². The lowest BCUT2D eigenvalue weighted by atomic mass is 10.1. The maximum Gasteiger partial charge on any atom is 0.264 e. The molecule has 1 N–H and O–H groups in total. The number of nitrogens with zero attached hydrogens (tertiary/aromatic N) is 2. The molecular weight excluding hydrogens is 585 g/mol. The van der Waals surface area contributed by atoms with Crippen LogP contribution >= 0.6 is 23.2 Å².